The number of nitrogens with two attached hydrogens (primary N) is 1. The van der Waals surface area contributed by atoms with E-state index < -0.39 is 12.1 Å². The van der Waals surface area contributed by atoms with E-state index in [1.807, 2.05) is 17.5 Å². The van der Waals surface area contributed by atoms with Gasteiger partial charge in [0.1, 0.15) is 0 Å². The minimum atomic E-state index is -0.909. The van der Waals surface area contributed by atoms with Crippen LogP contribution >= 0.6 is 11.3 Å². The molecule has 1 amide bonds. The molecule has 0 aromatic carbocycles. The van der Waals surface area contributed by atoms with Crippen molar-refractivity contribution in [1.29, 1.82) is 0 Å². The molecule has 1 heterocycles. The number of carboxylic acids is 1. The Bertz CT molecular complexity index is 346. The normalized spacial score (nSPS) is 9.31. The summed E-state index contributed by atoms with van der Waals surface area (Å²) >= 11 is 1.51. The fourth-order valence-electron chi connectivity index (χ4n) is 0.682. The van der Waals surface area contributed by atoms with Crippen LogP contribution in [0.2, 0.25) is 0 Å². The van der Waals surface area contributed by atoms with E-state index in [1.165, 1.54) is 11.3 Å². The van der Waals surface area contributed by atoms with Gasteiger partial charge in [-0.15, -0.1) is 11.3 Å². The molecule has 0 aliphatic heterocycles. The standard InChI is InChI=1S/C7H6O2S.C3H7NO2/c8-7(9)4-3-6-2-1-5-10-6;1-2-6-3(4)5/h1-5H,(H,8,9);2H2,1H3,(H2,4,5). The number of carbonyl (C=O) groups is 2. The van der Waals surface area contributed by atoms with Crippen LogP contribution in [0.15, 0.2) is 23.6 Å². The van der Waals surface area contributed by atoms with Crippen molar-refractivity contribution in [3.05, 3.63) is 28.5 Å². The van der Waals surface area contributed by atoms with Crippen LogP contribution in [0.25, 0.3) is 6.08 Å². The lowest BCUT2D eigenvalue weighted by atomic mass is 10.4. The summed E-state index contributed by atoms with van der Waals surface area (Å²) in [5, 5.41) is 10.1. The Morgan fingerprint density at radius 2 is 2.31 bits per heavy atom. The lowest BCUT2D eigenvalue weighted by Gasteiger charge is -1.89. The molecule has 0 unspecified atom stereocenters. The lowest BCUT2D eigenvalue weighted by molar-refractivity contribution is -0.131. The first-order valence-electron chi connectivity index (χ1n) is 4.43. The van der Waals surface area contributed by atoms with Gasteiger partial charge in [0.15, 0.2) is 0 Å². The van der Waals surface area contributed by atoms with Crippen molar-refractivity contribution in [3.8, 4) is 0 Å². The van der Waals surface area contributed by atoms with E-state index in [-0.39, 0.29) is 0 Å². The number of carbonyl (C=O) groups excluding carboxylic acids is 1. The largest absolute Gasteiger partial charge is 0.478 e. The van der Waals surface area contributed by atoms with Crippen molar-refractivity contribution in [2.45, 2.75) is 6.92 Å². The molecule has 0 aliphatic carbocycles. The third-order valence-corrected chi connectivity index (χ3v) is 2.06. The molecule has 0 spiro atoms. The van der Waals surface area contributed by atoms with E-state index >= 15 is 0 Å². The van der Waals surface area contributed by atoms with Gasteiger partial charge >= 0.3 is 12.1 Å². The number of ether oxygens (including phenoxy) is 1. The number of rotatable bonds is 3. The zero-order valence-corrected chi connectivity index (χ0v) is 9.57. The maximum Gasteiger partial charge on any atom is 0.404 e. The Hall–Kier alpha value is -1.82. The van der Waals surface area contributed by atoms with Gasteiger partial charge in [-0.1, -0.05) is 6.07 Å². The van der Waals surface area contributed by atoms with E-state index in [2.05, 4.69) is 10.5 Å². The molecular formula is C10H13NO4S. The Labute approximate surface area is 97.1 Å². The second-order valence-corrected chi connectivity index (χ2v) is 3.42. The van der Waals surface area contributed by atoms with Crippen molar-refractivity contribution in [2.24, 2.45) is 5.73 Å². The van der Waals surface area contributed by atoms with E-state index in [0.29, 0.717) is 6.61 Å². The summed E-state index contributed by atoms with van der Waals surface area (Å²) in [5.74, 6) is -0.909. The number of hydrogen-bond donors (Lipinski definition) is 2. The number of aliphatic carboxylic acids is 1. The molecule has 0 bridgehead atoms. The quantitative estimate of drug-likeness (QED) is 0.794. The van der Waals surface area contributed by atoms with E-state index in [1.54, 1.807) is 13.0 Å². The van der Waals surface area contributed by atoms with Crippen LogP contribution in [-0.4, -0.2) is 23.8 Å². The molecule has 0 atom stereocenters. The molecule has 0 fully saturated rings. The summed E-state index contributed by atoms with van der Waals surface area (Å²) in [6.45, 7) is 2.06. The highest BCUT2D eigenvalue weighted by Crippen LogP contribution is 2.09. The molecule has 1 aromatic heterocycles. The van der Waals surface area contributed by atoms with E-state index in [0.717, 1.165) is 11.0 Å². The first-order chi connectivity index (χ1) is 7.56. The molecule has 6 heteroatoms. The number of thiophene rings is 1. The monoisotopic (exact) mass is 243 g/mol. The van der Waals surface area contributed by atoms with Gasteiger partial charge in [-0.3, -0.25) is 0 Å². The molecule has 0 aliphatic rings. The fraction of sp³-hybridized carbons (Fsp3) is 0.200. The maximum atomic E-state index is 10.0. The van der Waals surface area contributed by atoms with Crippen LogP contribution in [-0.2, 0) is 9.53 Å². The second-order valence-electron chi connectivity index (χ2n) is 2.44. The molecule has 88 valence electrons. The summed E-state index contributed by atoms with van der Waals surface area (Å²) in [5.41, 5.74) is 4.54. The first-order valence-corrected chi connectivity index (χ1v) is 5.31. The molecule has 0 radical (unpaired) electrons. The zero-order valence-electron chi connectivity index (χ0n) is 8.75. The Morgan fingerprint density at radius 1 is 1.62 bits per heavy atom. The molecular weight excluding hydrogens is 230 g/mol. The Morgan fingerprint density at radius 3 is 2.62 bits per heavy atom. The predicted octanol–water partition coefficient (Wildman–Crippen LogP) is 1.95. The molecule has 5 nitrogen and oxygen atoms in total. The van der Waals surface area contributed by atoms with E-state index in [4.69, 9.17) is 5.11 Å². The van der Waals surface area contributed by atoms with Gasteiger partial charge in [-0.05, 0) is 24.4 Å². The maximum absolute atomic E-state index is 10.0. The number of carboxylic acid groups (broad SMARTS) is 1. The highest BCUT2D eigenvalue weighted by atomic mass is 32.1. The first kappa shape index (κ1) is 14.2. The van der Waals surface area contributed by atoms with Gasteiger partial charge < -0.3 is 15.6 Å². The van der Waals surface area contributed by atoms with Gasteiger partial charge in [0.05, 0.1) is 6.61 Å². The van der Waals surface area contributed by atoms with Crippen molar-refractivity contribution in [2.75, 3.05) is 6.61 Å². The summed E-state index contributed by atoms with van der Waals surface area (Å²) in [6.07, 6.45) is 2.00. The highest BCUT2D eigenvalue weighted by molar-refractivity contribution is 7.10. The third kappa shape index (κ3) is 8.76. The van der Waals surface area contributed by atoms with Gasteiger partial charge in [0, 0.05) is 11.0 Å². The number of amides is 1. The van der Waals surface area contributed by atoms with Crippen molar-refractivity contribution in [1.82, 2.24) is 0 Å². The van der Waals surface area contributed by atoms with Gasteiger partial charge in [0.25, 0.3) is 0 Å². The minimum absolute atomic E-state index is 0.356. The minimum Gasteiger partial charge on any atom is -0.478 e. The third-order valence-electron chi connectivity index (χ3n) is 1.22. The highest BCUT2D eigenvalue weighted by Gasteiger charge is 1.87. The predicted molar refractivity (Wildman–Crippen MR) is 62.2 cm³/mol. The molecule has 0 saturated carbocycles. The average Bonchev–Trinajstić information content (AvgIpc) is 2.67. The Kier molecular flexibility index (Phi) is 7.52. The molecule has 0 saturated heterocycles. The summed E-state index contributed by atoms with van der Waals surface area (Å²) in [7, 11) is 0. The molecule has 1 rings (SSSR count). The van der Waals surface area contributed by atoms with Crippen LogP contribution < -0.4 is 5.73 Å². The smallest absolute Gasteiger partial charge is 0.404 e. The van der Waals surface area contributed by atoms with Crippen LogP contribution in [0.1, 0.15) is 11.8 Å². The number of hydrogen-bond acceptors (Lipinski definition) is 4. The van der Waals surface area contributed by atoms with Crippen molar-refractivity contribution in [3.63, 3.8) is 0 Å². The SMILES string of the molecule is CCOC(N)=O.O=C(O)C=Cc1cccs1. The second kappa shape index (κ2) is 8.49. The molecule has 1 aromatic rings. The topological polar surface area (TPSA) is 89.6 Å². The van der Waals surface area contributed by atoms with Gasteiger partial charge in [0.2, 0.25) is 0 Å². The average molecular weight is 243 g/mol. The zero-order chi connectivity index (χ0) is 12.4. The van der Waals surface area contributed by atoms with Crippen LogP contribution in [0.5, 0.6) is 0 Å². The molecule has 3 N–H and O–H groups in total. The fourth-order valence-corrected chi connectivity index (χ4v) is 1.30. The summed E-state index contributed by atoms with van der Waals surface area (Å²) in [6, 6.07) is 3.75. The van der Waals surface area contributed by atoms with E-state index in [9.17, 15) is 9.59 Å². The Balaban J connectivity index is 0.000000325. The van der Waals surface area contributed by atoms with Crippen LogP contribution in [0, 0.1) is 0 Å². The van der Waals surface area contributed by atoms with Crippen molar-refractivity contribution < 1.29 is 19.4 Å². The van der Waals surface area contributed by atoms with Crippen LogP contribution in [0.3, 0.4) is 0 Å². The summed E-state index contributed by atoms with van der Waals surface area (Å²) < 4.78 is 4.18. The summed E-state index contributed by atoms with van der Waals surface area (Å²) in [4.78, 5) is 20.6. The van der Waals surface area contributed by atoms with Gasteiger partial charge in [-0.2, -0.15) is 0 Å². The van der Waals surface area contributed by atoms with Crippen LogP contribution in [0.4, 0.5) is 4.79 Å². The number of primary amides is 1. The van der Waals surface area contributed by atoms with Gasteiger partial charge in [-0.25, -0.2) is 9.59 Å². The van der Waals surface area contributed by atoms with Crippen molar-refractivity contribution >= 4 is 29.5 Å². The lowest BCUT2D eigenvalue weighted by Crippen LogP contribution is -2.11. The molecule has 16 heavy (non-hydrogen) atoms.